The first-order valence-corrected chi connectivity index (χ1v) is 9.64. The third-order valence-electron chi connectivity index (χ3n) is 5.31. The van der Waals surface area contributed by atoms with Crippen molar-refractivity contribution in [3.05, 3.63) is 47.8 Å². The van der Waals surface area contributed by atoms with E-state index in [0.717, 1.165) is 30.8 Å². The number of hydrogen-bond donors (Lipinski definition) is 2. The molecule has 0 saturated carbocycles. The van der Waals surface area contributed by atoms with E-state index in [1.807, 2.05) is 13.0 Å². The number of halogens is 2. The summed E-state index contributed by atoms with van der Waals surface area (Å²) in [6.07, 6.45) is 6.35. The van der Waals surface area contributed by atoms with Gasteiger partial charge in [-0.2, -0.15) is 0 Å². The van der Waals surface area contributed by atoms with E-state index in [2.05, 4.69) is 24.8 Å². The Bertz CT molecular complexity index is 1100. The molecule has 30 heavy (non-hydrogen) atoms. The summed E-state index contributed by atoms with van der Waals surface area (Å²) in [7, 11) is 0. The maximum Gasteiger partial charge on any atom is 0.281 e. The minimum absolute atomic E-state index is 0.162. The summed E-state index contributed by atoms with van der Waals surface area (Å²) in [6.45, 7) is 3.34. The monoisotopic (exact) mass is 412 g/mol. The van der Waals surface area contributed by atoms with Gasteiger partial charge in [0.25, 0.3) is 6.43 Å². The maximum absolute atomic E-state index is 13.1. The van der Waals surface area contributed by atoms with Gasteiger partial charge in [0, 0.05) is 43.3 Å². The summed E-state index contributed by atoms with van der Waals surface area (Å²) in [5, 5.41) is 7.67. The largest absolute Gasteiger partial charge is 0.402 e. The molecule has 0 bridgehead atoms. The number of nitrogens with one attached hydrogen (secondary N) is 1. The highest BCUT2D eigenvalue weighted by Crippen LogP contribution is 2.28. The number of nitrogens with two attached hydrogens (primary N) is 1. The van der Waals surface area contributed by atoms with Crippen molar-refractivity contribution in [2.24, 2.45) is 11.7 Å². The van der Waals surface area contributed by atoms with Gasteiger partial charge >= 0.3 is 0 Å². The lowest BCUT2D eigenvalue weighted by atomic mass is 9.90. The quantitative estimate of drug-likeness (QED) is 0.623. The Hall–Kier alpha value is -3.43. The minimum atomic E-state index is -2.68. The SMILES string of the molecule is C/C(N)=C(/C=N)C1CCCN(c2ccnc(-c3cnc4cnc(C(F)F)cn34)n2)C1. The first-order chi connectivity index (χ1) is 14.5. The molecule has 0 aromatic carbocycles. The number of allylic oxidation sites excluding steroid dienone is 1. The number of nitrogens with zero attached hydrogens (tertiary/aromatic N) is 6. The molecule has 3 N–H and O–H groups in total. The van der Waals surface area contributed by atoms with Gasteiger partial charge in [0.05, 0.1) is 12.4 Å². The van der Waals surface area contributed by atoms with Crippen molar-refractivity contribution >= 4 is 17.7 Å². The Balaban J connectivity index is 1.67. The Labute approximate surface area is 172 Å². The van der Waals surface area contributed by atoms with Crippen LogP contribution in [0.4, 0.5) is 14.6 Å². The van der Waals surface area contributed by atoms with Gasteiger partial charge in [0.1, 0.15) is 17.2 Å². The second-order valence-corrected chi connectivity index (χ2v) is 7.29. The molecule has 4 heterocycles. The van der Waals surface area contributed by atoms with Crippen molar-refractivity contribution < 1.29 is 8.78 Å². The Kier molecular flexibility index (Phi) is 5.39. The molecule has 3 aromatic rings. The predicted molar refractivity (Wildman–Crippen MR) is 110 cm³/mol. The standard InChI is InChI=1S/C20H22F2N8/c1-12(24)14(7-23)13-3-2-6-29(10-13)17-4-5-25-20(28-17)16-8-27-18-9-26-15(19(21)22)11-30(16)18/h4-5,7-9,11,13,19,23H,2-3,6,10,24H2,1H3/b14-12+,23-7?. The molecular formula is C20H22F2N8. The normalized spacial score (nSPS) is 18.0. The van der Waals surface area contributed by atoms with Crippen LogP contribution >= 0.6 is 0 Å². The van der Waals surface area contributed by atoms with Gasteiger partial charge in [-0.3, -0.25) is 4.40 Å². The van der Waals surface area contributed by atoms with Crippen molar-refractivity contribution in [1.82, 2.24) is 24.3 Å². The summed E-state index contributed by atoms with van der Waals surface area (Å²) in [4.78, 5) is 19.1. The predicted octanol–water partition coefficient (Wildman–Crippen LogP) is 3.22. The van der Waals surface area contributed by atoms with Gasteiger partial charge in [-0.05, 0) is 31.4 Å². The van der Waals surface area contributed by atoms with Crippen molar-refractivity contribution in [3.63, 3.8) is 0 Å². The van der Waals surface area contributed by atoms with Crippen molar-refractivity contribution in [1.29, 1.82) is 5.41 Å². The Morgan fingerprint density at radius 1 is 1.30 bits per heavy atom. The average molecular weight is 412 g/mol. The van der Waals surface area contributed by atoms with Crippen LogP contribution in [0.1, 0.15) is 31.9 Å². The number of rotatable bonds is 5. The van der Waals surface area contributed by atoms with Crippen LogP contribution < -0.4 is 10.6 Å². The molecule has 0 aliphatic carbocycles. The van der Waals surface area contributed by atoms with Gasteiger partial charge < -0.3 is 16.0 Å². The lowest BCUT2D eigenvalue weighted by Crippen LogP contribution is -2.37. The first-order valence-electron chi connectivity index (χ1n) is 9.64. The van der Waals surface area contributed by atoms with Gasteiger partial charge in [-0.25, -0.2) is 28.7 Å². The third kappa shape index (κ3) is 3.72. The molecule has 1 atom stereocenters. The topological polar surface area (TPSA) is 109 Å². The molecule has 0 spiro atoms. The summed E-state index contributed by atoms with van der Waals surface area (Å²) in [5.74, 6) is 1.29. The third-order valence-corrected chi connectivity index (χ3v) is 5.31. The van der Waals surface area contributed by atoms with E-state index in [1.54, 1.807) is 12.4 Å². The Morgan fingerprint density at radius 2 is 2.13 bits per heavy atom. The van der Waals surface area contributed by atoms with Crippen LogP contribution in [0.2, 0.25) is 0 Å². The molecule has 0 radical (unpaired) electrons. The Morgan fingerprint density at radius 3 is 2.87 bits per heavy atom. The number of alkyl halides is 2. The van der Waals surface area contributed by atoms with Crippen molar-refractivity contribution in [2.45, 2.75) is 26.2 Å². The van der Waals surface area contributed by atoms with E-state index in [1.165, 1.54) is 23.0 Å². The number of hydrogen-bond acceptors (Lipinski definition) is 7. The fourth-order valence-electron chi connectivity index (χ4n) is 3.82. The number of piperidine rings is 1. The molecule has 8 nitrogen and oxygen atoms in total. The summed E-state index contributed by atoms with van der Waals surface area (Å²) < 4.78 is 27.7. The summed E-state index contributed by atoms with van der Waals surface area (Å²) in [6, 6.07) is 1.82. The molecular weight excluding hydrogens is 390 g/mol. The van der Waals surface area contributed by atoms with E-state index in [9.17, 15) is 8.78 Å². The fourth-order valence-corrected chi connectivity index (χ4v) is 3.82. The molecule has 10 heteroatoms. The number of fused-ring (bicyclic) bond motifs is 1. The van der Waals surface area contributed by atoms with Crippen LogP contribution in [0.3, 0.4) is 0 Å². The molecule has 1 fully saturated rings. The van der Waals surface area contributed by atoms with E-state index in [0.29, 0.717) is 29.4 Å². The van der Waals surface area contributed by atoms with Crippen molar-refractivity contribution in [3.8, 4) is 11.5 Å². The summed E-state index contributed by atoms with van der Waals surface area (Å²) >= 11 is 0. The molecule has 1 aliphatic rings. The number of imidazole rings is 1. The zero-order chi connectivity index (χ0) is 21.3. The number of anilines is 1. The van der Waals surface area contributed by atoms with Crippen LogP contribution in [-0.4, -0.2) is 43.6 Å². The van der Waals surface area contributed by atoms with Gasteiger partial charge in [-0.15, -0.1) is 0 Å². The van der Waals surface area contributed by atoms with Crippen LogP contribution in [0.15, 0.2) is 42.1 Å². The van der Waals surface area contributed by atoms with E-state index in [4.69, 9.17) is 11.1 Å². The zero-order valence-corrected chi connectivity index (χ0v) is 16.5. The smallest absolute Gasteiger partial charge is 0.281 e. The van der Waals surface area contributed by atoms with E-state index >= 15 is 0 Å². The van der Waals surface area contributed by atoms with Crippen molar-refractivity contribution in [2.75, 3.05) is 18.0 Å². The van der Waals surface area contributed by atoms with E-state index < -0.39 is 6.43 Å². The molecule has 1 unspecified atom stereocenters. The lowest BCUT2D eigenvalue weighted by molar-refractivity contribution is 0.145. The molecule has 156 valence electrons. The van der Waals surface area contributed by atoms with Gasteiger partial charge in [-0.1, -0.05) is 0 Å². The van der Waals surface area contributed by atoms with Gasteiger partial charge in [0.15, 0.2) is 11.5 Å². The van der Waals surface area contributed by atoms with Crippen LogP contribution in [-0.2, 0) is 0 Å². The van der Waals surface area contributed by atoms with Crippen LogP contribution in [0, 0.1) is 11.3 Å². The second kappa shape index (κ2) is 8.13. The van der Waals surface area contributed by atoms with Gasteiger partial charge in [0.2, 0.25) is 0 Å². The second-order valence-electron chi connectivity index (χ2n) is 7.29. The fraction of sp³-hybridized carbons (Fsp3) is 0.350. The van der Waals surface area contributed by atoms with E-state index in [-0.39, 0.29) is 11.6 Å². The molecule has 3 aromatic heterocycles. The highest BCUT2D eigenvalue weighted by molar-refractivity contribution is 5.77. The highest BCUT2D eigenvalue weighted by Gasteiger charge is 2.24. The molecule has 1 saturated heterocycles. The van der Waals surface area contributed by atoms with Crippen LogP contribution in [0.25, 0.3) is 17.2 Å². The summed E-state index contributed by atoms with van der Waals surface area (Å²) in [5.41, 5.74) is 8.09. The molecule has 0 amide bonds. The lowest BCUT2D eigenvalue weighted by Gasteiger charge is -2.34. The maximum atomic E-state index is 13.1. The highest BCUT2D eigenvalue weighted by atomic mass is 19.3. The minimum Gasteiger partial charge on any atom is -0.402 e. The molecule has 1 aliphatic heterocycles. The first kappa shape index (κ1) is 19.9. The van der Waals surface area contributed by atoms with Crippen LogP contribution in [0.5, 0.6) is 0 Å². The molecule has 4 rings (SSSR count). The average Bonchev–Trinajstić information content (AvgIpc) is 3.17. The zero-order valence-electron chi connectivity index (χ0n) is 16.5. The number of aromatic nitrogens is 5.